The highest BCUT2D eigenvalue weighted by Crippen LogP contribution is 2.21. The largest absolute Gasteiger partial charge is 0.326 e. The molecule has 1 aromatic rings. The molecular weight excluding hydrogens is 186 g/mol. The van der Waals surface area contributed by atoms with Crippen molar-refractivity contribution in [2.24, 2.45) is 0 Å². The number of hydrogen-bond acceptors (Lipinski definition) is 1. The minimum atomic E-state index is 0.0814. The van der Waals surface area contributed by atoms with Gasteiger partial charge in [0, 0.05) is 12.1 Å². The maximum Gasteiger partial charge on any atom is 0.224 e. The molecule has 0 fully saturated rings. The molecule has 0 bridgehead atoms. The van der Waals surface area contributed by atoms with E-state index in [4.69, 9.17) is 0 Å². The Morgan fingerprint density at radius 1 is 1.33 bits per heavy atom. The average Bonchev–Trinajstić information content (AvgIpc) is 2.23. The van der Waals surface area contributed by atoms with Gasteiger partial charge in [-0.25, -0.2) is 0 Å². The number of aryl methyl sites for hydroxylation is 1. The van der Waals surface area contributed by atoms with Gasteiger partial charge in [-0.15, -0.1) is 0 Å². The lowest BCUT2D eigenvalue weighted by molar-refractivity contribution is -0.115. The molecule has 15 heavy (non-hydrogen) atoms. The zero-order valence-corrected chi connectivity index (χ0v) is 9.76. The maximum absolute atomic E-state index is 11.3. The molecule has 0 heterocycles. The molecule has 0 saturated carbocycles. The molecule has 0 unspecified atom stereocenters. The van der Waals surface area contributed by atoms with Crippen molar-refractivity contribution in [1.29, 1.82) is 0 Å². The molecule has 0 spiro atoms. The third-order valence-corrected chi connectivity index (χ3v) is 2.51. The van der Waals surface area contributed by atoms with Gasteiger partial charge in [-0.3, -0.25) is 4.79 Å². The van der Waals surface area contributed by atoms with Crippen molar-refractivity contribution >= 4 is 11.6 Å². The van der Waals surface area contributed by atoms with Crippen molar-refractivity contribution in [3.8, 4) is 0 Å². The second kappa shape index (κ2) is 5.54. The second-order valence-electron chi connectivity index (χ2n) is 3.75. The Morgan fingerprint density at radius 3 is 2.67 bits per heavy atom. The quantitative estimate of drug-likeness (QED) is 0.802. The summed E-state index contributed by atoms with van der Waals surface area (Å²) >= 11 is 0. The number of hydrogen-bond donors (Lipinski definition) is 1. The Kier molecular flexibility index (Phi) is 4.35. The van der Waals surface area contributed by atoms with E-state index in [1.54, 1.807) is 0 Å². The standard InChI is InChI=1S/C13H19NO/c1-4-7-11-10(3)8-6-9-12(11)14-13(15)5-2/h6,8-9H,4-5,7H2,1-3H3,(H,14,15). The molecule has 0 aliphatic rings. The monoisotopic (exact) mass is 205 g/mol. The van der Waals surface area contributed by atoms with Crippen LogP contribution in [0, 0.1) is 6.92 Å². The first kappa shape index (κ1) is 11.8. The molecule has 1 rings (SSSR count). The van der Waals surface area contributed by atoms with E-state index >= 15 is 0 Å². The van der Waals surface area contributed by atoms with Crippen LogP contribution in [0.2, 0.25) is 0 Å². The normalized spacial score (nSPS) is 10.1. The number of anilines is 1. The van der Waals surface area contributed by atoms with Crippen LogP contribution in [0.25, 0.3) is 0 Å². The molecule has 0 saturated heterocycles. The zero-order chi connectivity index (χ0) is 11.3. The zero-order valence-electron chi connectivity index (χ0n) is 9.76. The molecule has 0 aromatic heterocycles. The van der Waals surface area contributed by atoms with Crippen molar-refractivity contribution in [2.75, 3.05) is 5.32 Å². The number of nitrogens with one attached hydrogen (secondary N) is 1. The lowest BCUT2D eigenvalue weighted by atomic mass is 10.0. The first-order valence-corrected chi connectivity index (χ1v) is 5.57. The molecule has 0 radical (unpaired) electrons. The van der Waals surface area contributed by atoms with Gasteiger partial charge >= 0.3 is 0 Å². The lowest BCUT2D eigenvalue weighted by Gasteiger charge is -2.12. The third kappa shape index (κ3) is 3.08. The average molecular weight is 205 g/mol. The van der Waals surface area contributed by atoms with Crippen LogP contribution in [0.15, 0.2) is 18.2 Å². The van der Waals surface area contributed by atoms with Gasteiger partial charge in [0.05, 0.1) is 0 Å². The Balaban J connectivity index is 2.94. The number of benzene rings is 1. The Labute approximate surface area is 91.7 Å². The number of amides is 1. The molecule has 82 valence electrons. The minimum absolute atomic E-state index is 0.0814. The van der Waals surface area contributed by atoms with Crippen LogP contribution in [-0.2, 0) is 11.2 Å². The molecule has 1 amide bonds. The van der Waals surface area contributed by atoms with Crippen LogP contribution in [0.3, 0.4) is 0 Å². The first-order valence-electron chi connectivity index (χ1n) is 5.57. The van der Waals surface area contributed by atoms with Gasteiger partial charge in [-0.05, 0) is 30.5 Å². The summed E-state index contributed by atoms with van der Waals surface area (Å²) in [5.41, 5.74) is 3.50. The lowest BCUT2D eigenvalue weighted by Crippen LogP contribution is -2.11. The van der Waals surface area contributed by atoms with Crippen molar-refractivity contribution in [3.05, 3.63) is 29.3 Å². The number of carbonyl (C=O) groups excluding carboxylic acids is 1. The van der Waals surface area contributed by atoms with E-state index in [0.29, 0.717) is 6.42 Å². The van der Waals surface area contributed by atoms with Crippen molar-refractivity contribution in [2.45, 2.75) is 40.0 Å². The summed E-state index contributed by atoms with van der Waals surface area (Å²) in [6.07, 6.45) is 2.64. The van der Waals surface area contributed by atoms with Crippen LogP contribution in [-0.4, -0.2) is 5.91 Å². The number of rotatable bonds is 4. The van der Waals surface area contributed by atoms with Gasteiger partial charge < -0.3 is 5.32 Å². The predicted molar refractivity (Wildman–Crippen MR) is 64.1 cm³/mol. The smallest absolute Gasteiger partial charge is 0.224 e. The van der Waals surface area contributed by atoms with E-state index in [1.807, 2.05) is 19.1 Å². The Hall–Kier alpha value is -1.31. The SMILES string of the molecule is CCCc1c(C)cccc1NC(=O)CC. The Bertz CT molecular complexity index is 344. The summed E-state index contributed by atoms with van der Waals surface area (Å²) in [5.74, 6) is 0.0814. The Morgan fingerprint density at radius 2 is 2.07 bits per heavy atom. The molecule has 1 aromatic carbocycles. The fourth-order valence-electron chi connectivity index (χ4n) is 1.64. The highest BCUT2D eigenvalue weighted by Gasteiger charge is 2.06. The molecule has 2 heteroatoms. The van der Waals surface area contributed by atoms with Crippen LogP contribution >= 0.6 is 0 Å². The maximum atomic E-state index is 11.3. The third-order valence-electron chi connectivity index (χ3n) is 2.51. The topological polar surface area (TPSA) is 29.1 Å². The fraction of sp³-hybridized carbons (Fsp3) is 0.462. The summed E-state index contributed by atoms with van der Waals surface area (Å²) in [6.45, 7) is 6.11. The molecule has 0 atom stereocenters. The predicted octanol–water partition coefficient (Wildman–Crippen LogP) is 3.30. The van der Waals surface area contributed by atoms with Crippen molar-refractivity contribution in [3.63, 3.8) is 0 Å². The van der Waals surface area contributed by atoms with Gasteiger partial charge in [0.15, 0.2) is 0 Å². The summed E-state index contributed by atoms with van der Waals surface area (Å²) < 4.78 is 0. The van der Waals surface area contributed by atoms with Gasteiger partial charge in [0.25, 0.3) is 0 Å². The van der Waals surface area contributed by atoms with Gasteiger partial charge in [0.2, 0.25) is 5.91 Å². The summed E-state index contributed by atoms with van der Waals surface area (Å²) in [7, 11) is 0. The van der Waals surface area contributed by atoms with E-state index in [9.17, 15) is 4.79 Å². The van der Waals surface area contributed by atoms with E-state index < -0.39 is 0 Å². The highest BCUT2D eigenvalue weighted by molar-refractivity contribution is 5.91. The van der Waals surface area contributed by atoms with Gasteiger partial charge in [-0.1, -0.05) is 32.4 Å². The van der Waals surface area contributed by atoms with Gasteiger partial charge in [0.1, 0.15) is 0 Å². The molecule has 0 aliphatic heterocycles. The highest BCUT2D eigenvalue weighted by atomic mass is 16.1. The van der Waals surface area contributed by atoms with Crippen molar-refractivity contribution < 1.29 is 4.79 Å². The molecular formula is C13H19NO. The van der Waals surface area contributed by atoms with Crippen LogP contribution in [0.1, 0.15) is 37.8 Å². The molecule has 2 nitrogen and oxygen atoms in total. The van der Waals surface area contributed by atoms with E-state index in [0.717, 1.165) is 18.5 Å². The molecule has 1 N–H and O–H groups in total. The van der Waals surface area contributed by atoms with Crippen molar-refractivity contribution in [1.82, 2.24) is 0 Å². The summed E-state index contributed by atoms with van der Waals surface area (Å²) in [5, 5.41) is 2.95. The van der Waals surface area contributed by atoms with Crippen LogP contribution in [0.5, 0.6) is 0 Å². The second-order valence-corrected chi connectivity index (χ2v) is 3.75. The fourth-order valence-corrected chi connectivity index (χ4v) is 1.64. The van der Waals surface area contributed by atoms with Crippen LogP contribution in [0.4, 0.5) is 5.69 Å². The van der Waals surface area contributed by atoms with E-state index in [-0.39, 0.29) is 5.91 Å². The molecule has 0 aliphatic carbocycles. The minimum Gasteiger partial charge on any atom is -0.326 e. The number of carbonyl (C=O) groups is 1. The summed E-state index contributed by atoms with van der Waals surface area (Å²) in [6, 6.07) is 6.05. The summed E-state index contributed by atoms with van der Waals surface area (Å²) in [4.78, 5) is 11.3. The first-order chi connectivity index (χ1) is 7.19. The van der Waals surface area contributed by atoms with Gasteiger partial charge in [-0.2, -0.15) is 0 Å². The van der Waals surface area contributed by atoms with E-state index in [2.05, 4.69) is 25.2 Å². The van der Waals surface area contributed by atoms with E-state index in [1.165, 1.54) is 11.1 Å². The van der Waals surface area contributed by atoms with Crippen LogP contribution < -0.4 is 5.32 Å².